The molecule has 1 amide bonds. The van der Waals surface area contributed by atoms with Crippen molar-refractivity contribution in [2.75, 3.05) is 32.8 Å². The summed E-state index contributed by atoms with van der Waals surface area (Å²) in [5, 5.41) is 12.7. The summed E-state index contributed by atoms with van der Waals surface area (Å²) in [6, 6.07) is 0.382. The molecule has 0 aromatic carbocycles. The zero-order chi connectivity index (χ0) is 14.5. The molecule has 6 heteroatoms. The first-order valence-corrected chi connectivity index (χ1v) is 6.75. The fourth-order valence-electron chi connectivity index (χ4n) is 1.66. The summed E-state index contributed by atoms with van der Waals surface area (Å²) >= 11 is 0. The Bertz CT molecular complexity index is 285. The van der Waals surface area contributed by atoms with Gasteiger partial charge in [0.05, 0.1) is 25.4 Å². The second kappa shape index (κ2) is 7.07. The van der Waals surface area contributed by atoms with Crippen LogP contribution in [0.3, 0.4) is 0 Å². The van der Waals surface area contributed by atoms with Crippen LogP contribution in [0.2, 0.25) is 0 Å². The monoisotopic (exact) mass is 274 g/mol. The maximum atomic E-state index is 12.0. The van der Waals surface area contributed by atoms with Crippen molar-refractivity contribution in [2.45, 2.75) is 45.4 Å². The summed E-state index contributed by atoms with van der Waals surface area (Å²) in [5.74, 6) is 0. The lowest BCUT2D eigenvalue weighted by Crippen LogP contribution is -2.50. The first-order valence-electron chi connectivity index (χ1n) is 6.75. The zero-order valence-corrected chi connectivity index (χ0v) is 12.3. The van der Waals surface area contributed by atoms with Gasteiger partial charge in [-0.3, -0.25) is 0 Å². The minimum absolute atomic E-state index is 0.276. The Kier molecular flexibility index (Phi) is 6.03. The molecule has 1 rings (SSSR count). The lowest BCUT2D eigenvalue weighted by atomic mass is 10.2. The number of aliphatic hydroxyl groups excluding tert-OH is 1. The first kappa shape index (κ1) is 16.2. The topological polar surface area (TPSA) is 71.0 Å². The molecule has 1 fully saturated rings. The molecule has 0 spiro atoms. The molecule has 1 saturated heterocycles. The van der Waals surface area contributed by atoms with E-state index in [1.165, 1.54) is 4.90 Å². The van der Waals surface area contributed by atoms with Crippen LogP contribution in [-0.4, -0.2) is 66.7 Å². The van der Waals surface area contributed by atoms with E-state index in [-0.39, 0.29) is 12.6 Å². The van der Waals surface area contributed by atoms with Gasteiger partial charge in [0.15, 0.2) is 0 Å². The van der Waals surface area contributed by atoms with Crippen LogP contribution in [0, 0.1) is 0 Å². The summed E-state index contributed by atoms with van der Waals surface area (Å²) in [5.41, 5.74) is -0.525. The molecule has 1 aliphatic rings. The smallest absolute Gasteiger partial charge is 0.410 e. The average Bonchev–Trinajstić information content (AvgIpc) is 2.16. The minimum atomic E-state index is -0.570. The van der Waals surface area contributed by atoms with Gasteiger partial charge in [-0.05, 0) is 27.7 Å². The predicted molar refractivity (Wildman–Crippen MR) is 72.1 cm³/mol. The van der Waals surface area contributed by atoms with Gasteiger partial charge in [0, 0.05) is 19.6 Å². The molecule has 0 aromatic heterocycles. The van der Waals surface area contributed by atoms with Crippen LogP contribution in [0.5, 0.6) is 0 Å². The minimum Gasteiger partial charge on any atom is -0.444 e. The molecule has 112 valence electrons. The third-order valence-corrected chi connectivity index (χ3v) is 2.59. The third kappa shape index (κ3) is 6.75. The SMILES string of the molecule is CC(O)CN(CCNC1COC1)C(=O)OC(C)(C)C. The van der Waals surface area contributed by atoms with Crippen LogP contribution in [0.15, 0.2) is 0 Å². The van der Waals surface area contributed by atoms with Crippen LogP contribution in [-0.2, 0) is 9.47 Å². The number of aliphatic hydroxyl groups is 1. The number of carbonyl (C=O) groups excluding carboxylic acids is 1. The number of amides is 1. The van der Waals surface area contributed by atoms with Crippen molar-refractivity contribution in [2.24, 2.45) is 0 Å². The normalized spacial score (nSPS) is 17.7. The van der Waals surface area contributed by atoms with Crippen LogP contribution in [0.1, 0.15) is 27.7 Å². The van der Waals surface area contributed by atoms with E-state index < -0.39 is 11.7 Å². The predicted octanol–water partition coefficient (Wildman–Crippen LogP) is 0.593. The molecule has 0 radical (unpaired) electrons. The molecule has 1 heterocycles. The van der Waals surface area contributed by atoms with Crippen molar-refractivity contribution in [1.82, 2.24) is 10.2 Å². The Morgan fingerprint density at radius 1 is 1.53 bits per heavy atom. The fourth-order valence-corrected chi connectivity index (χ4v) is 1.66. The van der Waals surface area contributed by atoms with Gasteiger partial charge in [0.25, 0.3) is 0 Å². The van der Waals surface area contributed by atoms with Crippen LogP contribution in [0.4, 0.5) is 4.79 Å². The van der Waals surface area contributed by atoms with E-state index in [1.807, 2.05) is 20.8 Å². The molecule has 0 aromatic rings. The fraction of sp³-hybridized carbons (Fsp3) is 0.923. The molecule has 0 saturated carbocycles. The Morgan fingerprint density at radius 2 is 2.16 bits per heavy atom. The number of ether oxygens (including phenoxy) is 2. The number of carbonyl (C=O) groups is 1. The van der Waals surface area contributed by atoms with Crippen molar-refractivity contribution >= 4 is 6.09 Å². The van der Waals surface area contributed by atoms with Gasteiger partial charge in [0.1, 0.15) is 5.60 Å². The molecule has 1 aliphatic heterocycles. The van der Waals surface area contributed by atoms with E-state index in [0.717, 1.165) is 13.2 Å². The van der Waals surface area contributed by atoms with Gasteiger partial charge >= 0.3 is 6.09 Å². The number of nitrogens with zero attached hydrogens (tertiary/aromatic N) is 1. The van der Waals surface area contributed by atoms with Crippen LogP contribution in [0.25, 0.3) is 0 Å². The van der Waals surface area contributed by atoms with Gasteiger partial charge < -0.3 is 24.8 Å². The van der Waals surface area contributed by atoms with E-state index in [4.69, 9.17) is 9.47 Å². The quantitative estimate of drug-likeness (QED) is 0.742. The van der Waals surface area contributed by atoms with Crippen molar-refractivity contribution in [3.8, 4) is 0 Å². The van der Waals surface area contributed by atoms with E-state index >= 15 is 0 Å². The highest BCUT2D eigenvalue weighted by molar-refractivity contribution is 5.68. The van der Waals surface area contributed by atoms with Crippen molar-refractivity contribution < 1.29 is 19.4 Å². The van der Waals surface area contributed by atoms with Gasteiger partial charge in [-0.25, -0.2) is 4.79 Å². The number of nitrogens with one attached hydrogen (secondary N) is 1. The molecular formula is C13H26N2O4. The van der Waals surface area contributed by atoms with E-state index in [1.54, 1.807) is 6.92 Å². The van der Waals surface area contributed by atoms with Crippen molar-refractivity contribution in [3.63, 3.8) is 0 Å². The Morgan fingerprint density at radius 3 is 2.58 bits per heavy atom. The summed E-state index contributed by atoms with van der Waals surface area (Å²) in [6.07, 6.45) is -0.959. The van der Waals surface area contributed by atoms with E-state index in [0.29, 0.717) is 19.1 Å². The van der Waals surface area contributed by atoms with E-state index in [2.05, 4.69) is 5.32 Å². The molecule has 1 atom stereocenters. The van der Waals surface area contributed by atoms with E-state index in [9.17, 15) is 9.90 Å². The molecule has 19 heavy (non-hydrogen) atoms. The highest BCUT2D eigenvalue weighted by atomic mass is 16.6. The van der Waals surface area contributed by atoms with Crippen molar-refractivity contribution in [1.29, 1.82) is 0 Å². The van der Waals surface area contributed by atoms with Crippen LogP contribution >= 0.6 is 0 Å². The Hall–Kier alpha value is -0.850. The third-order valence-electron chi connectivity index (χ3n) is 2.59. The number of hydrogen-bond acceptors (Lipinski definition) is 5. The standard InChI is InChI=1S/C13H26N2O4/c1-10(16)7-15(12(17)19-13(2,3)4)6-5-14-11-8-18-9-11/h10-11,14,16H,5-9H2,1-4H3. The molecule has 1 unspecified atom stereocenters. The molecule has 0 bridgehead atoms. The Balaban J connectivity index is 2.38. The van der Waals surface area contributed by atoms with Crippen LogP contribution < -0.4 is 5.32 Å². The summed E-state index contributed by atoms with van der Waals surface area (Å²) < 4.78 is 10.4. The maximum absolute atomic E-state index is 12.0. The molecule has 0 aliphatic carbocycles. The number of rotatable bonds is 6. The highest BCUT2D eigenvalue weighted by Crippen LogP contribution is 2.10. The summed E-state index contributed by atoms with van der Waals surface area (Å²) in [4.78, 5) is 13.5. The lowest BCUT2D eigenvalue weighted by molar-refractivity contribution is -0.00793. The average molecular weight is 274 g/mol. The molecule has 6 nitrogen and oxygen atoms in total. The van der Waals surface area contributed by atoms with Crippen molar-refractivity contribution in [3.05, 3.63) is 0 Å². The van der Waals surface area contributed by atoms with Gasteiger partial charge in [-0.1, -0.05) is 0 Å². The van der Waals surface area contributed by atoms with Gasteiger partial charge in [-0.15, -0.1) is 0 Å². The largest absolute Gasteiger partial charge is 0.444 e. The second-order valence-corrected chi connectivity index (χ2v) is 5.96. The highest BCUT2D eigenvalue weighted by Gasteiger charge is 2.23. The summed E-state index contributed by atoms with van der Waals surface area (Å²) in [7, 11) is 0. The molecule has 2 N–H and O–H groups in total. The first-order chi connectivity index (χ1) is 8.78. The Labute approximate surface area is 115 Å². The summed E-state index contributed by atoms with van der Waals surface area (Å²) in [6.45, 7) is 10.0. The van der Waals surface area contributed by atoms with Gasteiger partial charge in [0.2, 0.25) is 0 Å². The maximum Gasteiger partial charge on any atom is 0.410 e. The van der Waals surface area contributed by atoms with Gasteiger partial charge in [-0.2, -0.15) is 0 Å². The number of hydrogen-bond donors (Lipinski definition) is 2. The zero-order valence-electron chi connectivity index (χ0n) is 12.3. The second-order valence-electron chi connectivity index (χ2n) is 5.96. The molecular weight excluding hydrogens is 248 g/mol. The lowest BCUT2D eigenvalue weighted by Gasteiger charge is -2.30.